The topological polar surface area (TPSA) is 50.8 Å². The molecule has 2 aliphatic carbocycles. The molecule has 0 amide bonds. The predicted octanol–water partition coefficient (Wildman–Crippen LogP) is 6.23. The van der Waals surface area contributed by atoms with Crippen LogP contribution in [0.2, 0.25) is 0 Å². The van der Waals surface area contributed by atoms with Crippen molar-refractivity contribution in [3.05, 3.63) is 109 Å². The minimum Gasteiger partial charge on any atom is -0.310 e. The van der Waals surface area contributed by atoms with E-state index in [1.165, 1.54) is 0 Å². The average molecular weight is 358 g/mol. The van der Waals surface area contributed by atoms with Gasteiger partial charge in [0.1, 0.15) is 0 Å². The van der Waals surface area contributed by atoms with Crippen molar-refractivity contribution in [2.24, 2.45) is 0 Å². The van der Waals surface area contributed by atoms with Gasteiger partial charge in [-0.15, -0.1) is 0 Å². The Morgan fingerprint density at radius 3 is 1.46 bits per heavy atom. The molecule has 2 aromatic carbocycles. The number of para-hydroxylation sites is 2. The molecule has 0 atom stereocenters. The number of hydrogen-bond donors (Lipinski definition) is 0. The molecule has 3 nitrogen and oxygen atoms in total. The first kappa shape index (κ1) is 17.3. The van der Waals surface area contributed by atoms with Gasteiger partial charge in [0, 0.05) is 17.1 Å². The van der Waals surface area contributed by atoms with Crippen LogP contribution in [0.3, 0.4) is 0 Å². The first-order chi connectivity index (χ1) is 13.8. The number of nitriles is 2. The summed E-state index contributed by atoms with van der Waals surface area (Å²) in [5, 5.41) is 18.2. The Labute approximate surface area is 164 Å². The SMILES string of the molecule is N#C[C](C#N)c1ccc2cc(N(c3ccccc3)c3ccccc3)cc-2cc1. The summed E-state index contributed by atoms with van der Waals surface area (Å²) in [6.07, 6.45) is 0. The highest BCUT2D eigenvalue weighted by molar-refractivity contribution is 5.84. The van der Waals surface area contributed by atoms with Crippen molar-refractivity contribution >= 4 is 17.1 Å². The van der Waals surface area contributed by atoms with E-state index in [9.17, 15) is 0 Å². The summed E-state index contributed by atoms with van der Waals surface area (Å²) in [4.78, 5) is 2.21. The van der Waals surface area contributed by atoms with E-state index in [0.717, 1.165) is 28.2 Å². The van der Waals surface area contributed by atoms with E-state index in [2.05, 4.69) is 41.3 Å². The van der Waals surface area contributed by atoms with Crippen molar-refractivity contribution in [2.45, 2.75) is 0 Å². The van der Waals surface area contributed by atoms with Gasteiger partial charge in [-0.1, -0.05) is 60.7 Å². The highest BCUT2D eigenvalue weighted by atomic mass is 15.1. The average Bonchev–Trinajstić information content (AvgIpc) is 3.04. The van der Waals surface area contributed by atoms with Gasteiger partial charge in [0.2, 0.25) is 5.92 Å². The normalized spacial score (nSPS) is 10.4. The summed E-state index contributed by atoms with van der Waals surface area (Å²) in [7, 11) is 0. The van der Waals surface area contributed by atoms with Crippen LogP contribution < -0.4 is 4.90 Å². The molecule has 0 N–H and O–H groups in total. The third-order valence-corrected chi connectivity index (χ3v) is 4.62. The van der Waals surface area contributed by atoms with Crippen molar-refractivity contribution in [1.82, 2.24) is 0 Å². The monoisotopic (exact) mass is 358 g/mol. The molecule has 0 unspecified atom stereocenters. The Morgan fingerprint density at radius 2 is 1.04 bits per heavy atom. The van der Waals surface area contributed by atoms with Crippen molar-refractivity contribution in [3.8, 4) is 23.3 Å². The quantitative estimate of drug-likeness (QED) is 0.434. The number of hydrogen-bond acceptors (Lipinski definition) is 3. The minimum absolute atomic E-state index is 0.119. The summed E-state index contributed by atoms with van der Waals surface area (Å²) >= 11 is 0. The van der Waals surface area contributed by atoms with Gasteiger partial charge in [0.05, 0.1) is 12.1 Å². The summed E-state index contributed by atoms with van der Waals surface area (Å²) < 4.78 is 0. The number of benzene rings is 2. The second kappa shape index (κ2) is 7.66. The summed E-state index contributed by atoms with van der Waals surface area (Å²) in [6.45, 7) is 0. The fraction of sp³-hybridized carbons (Fsp3) is 0. The fourth-order valence-electron chi connectivity index (χ4n) is 3.28. The van der Waals surface area contributed by atoms with Crippen LogP contribution in [0.5, 0.6) is 0 Å². The zero-order valence-corrected chi connectivity index (χ0v) is 15.1. The van der Waals surface area contributed by atoms with Crippen molar-refractivity contribution in [1.29, 1.82) is 10.5 Å². The Balaban J connectivity index is 1.82. The van der Waals surface area contributed by atoms with Gasteiger partial charge in [-0.05, 0) is 53.1 Å². The number of nitrogens with zero attached hydrogens (tertiary/aromatic N) is 3. The molecule has 0 heterocycles. The van der Waals surface area contributed by atoms with Crippen LogP contribution in [-0.4, -0.2) is 0 Å². The number of rotatable bonds is 4. The van der Waals surface area contributed by atoms with Gasteiger partial charge in [-0.2, -0.15) is 10.5 Å². The molecule has 0 saturated carbocycles. The molecule has 28 heavy (non-hydrogen) atoms. The van der Waals surface area contributed by atoms with E-state index < -0.39 is 0 Å². The molecule has 0 bridgehead atoms. The van der Waals surface area contributed by atoms with Gasteiger partial charge < -0.3 is 4.90 Å². The standard InChI is InChI=1S/C25H16N3/c26-17-22(18-27)19-11-13-20-15-25(16-21(20)14-12-19)28(23-7-3-1-4-8-23)24-9-5-2-6-10-24/h1-16H. The number of fused-ring (bicyclic) bond motifs is 1. The Hall–Kier alpha value is -4.08. The molecule has 2 aliphatic rings. The second-order valence-corrected chi connectivity index (χ2v) is 6.35. The first-order valence-corrected chi connectivity index (χ1v) is 8.92. The first-order valence-electron chi connectivity index (χ1n) is 8.92. The van der Waals surface area contributed by atoms with Crippen LogP contribution in [0.25, 0.3) is 11.1 Å². The van der Waals surface area contributed by atoms with E-state index in [0.29, 0.717) is 5.56 Å². The van der Waals surface area contributed by atoms with Crippen LogP contribution in [0.15, 0.2) is 97.1 Å². The highest BCUT2D eigenvalue weighted by Crippen LogP contribution is 2.39. The zero-order chi connectivity index (χ0) is 19.3. The van der Waals surface area contributed by atoms with E-state index in [1.807, 2.05) is 72.8 Å². The summed E-state index contributed by atoms with van der Waals surface area (Å²) in [5.41, 5.74) is 5.95. The Bertz CT molecular complexity index is 1050. The molecule has 131 valence electrons. The molecule has 1 radical (unpaired) electrons. The summed E-state index contributed by atoms with van der Waals surface area (Å²) in [5.74, 6) is 0.119. The van der Waals surface area contributed by atoms with Crippen LogP contribution in [0.1, 0.15) is 5.56 Å². The smallest absolute Gasteiger partial charge is 0.204 e. The van der Waals surface area contributed by atoms with E-state index in [4.69, 9.17) is 10.5 Å². The van der Waals surface area contributed by atoms with Crippen molar-refractivity contribution in [3.63, 3.8) is 0 Å². The van der Waals surface area contributed by atoms with Crippen LogP contribution in [-0.2, 0) is 0 Å². The summed E-state index contributed by atoms with van der Waals surface area (Å²) in [6, 6.07) is 36.2. The van der Waals surface area contributed by atoms with Gasteiger partial charge in [-0.3, -0.25) is 0 Å². The third kappa shape index (κ3) is 3.30. The molecular formula is C25H16N3. The van der Waals surface area contributed by atoms with E-state index >= 15 is 0 Å². The fourth-order valence-corrected chi connectivity index (χ4v) is 3.28. The van der Waals surface area contributed by atoms with Crippen molar-refractivity contribution in [2.75, 3.05) is 4.90 Å². The molecule has 0 spiro atoms. The maximum Gasteiger partial charge on any atom is 0.204 e. The Kier molecular flexibility index (Phi) is 4.74. The maximum atomic E-state index is 9.10. The third-order valence-electron chi connectivity index (χ3n) is 4.62. The molecule has 0 aromatic heterocycles. The lowest BCUT2D eigenvalue weighted by molar-refractivity contribution is 1.30. The lowest BCUT2D eigenvalue weighted by Gasteiger charge is -2.24. The lowest BCUT2D eigenvalue weighted by Crippen LogP contribution is -2.08. The van der Waals surface area contributed by atoms with Crippen molar-refractivity contribution < 1.29 is 0 Å². The maximum absolute atomic E-state index is 9.10. The van der Waals surface area contributed by atoms with Gasteiger partial charge >= 0.3 is 0 Å². The minimum atomic E-state index is 0.119. The molecule has 0 aliphatic heterocycles. The van der Waals surface area contributed by atoms with Crippen LogP contribution >= 0.6 is 0 Å². The van der Waals surface area contributed by atoms with Crippen LogP contribution in [0.4, 0.5) is 17.1 Å². The van der Waals surface area contributed by atoms with Gasteiger partial charge in [0.25, 0.3) is 0 Å². The van der Waals surface area contributed by atoms with E-state index in [-0.39, 0.29) is 5.92 Å². The largest absolute Gasteiger partial charge is 0.310 e. The molecule has 0 saturated heterocycles. The second-order valence-electron chi connectivity index (χ2n) is 6.35. The predicted molar refractivity (Wildman–Crippen MR) is 111 cm³/mol. The van der Waals surface area contributed by atoms with Gasteiger partial charge in [-0.25, -0.2) is 0 Å². The zero-order valence-electron chi connectivity index (χ0n) is 15.1. The molecule has 3 heteroatoms. The molecule has 0 fully saturated rings. The van der Waals surface area contributed by atoms with E-state index in [1.54, 1.807) is 0 Å². The molecule has 4 rings (SSSR count). The Morgan fingerprint density at radius 1 is 0.571 bits per heavy atom. The highest BCUT2D eigenvalue weighted by Gasteiger charge is 2.16. The molecule has 2 aromatic rings. The van der Waals surface area contributed by atoms with Gasteiger partial charge in [0.15, 0.2) is 0 Å². The molecular weight excluding hydrogens is 342 g/mol. The van der Waals surface area contributed by atoms with Crippen LogP contribution in [0, 0.1) is 28.6 Å². The lowest BCUT2D eigenvalue weighted by atomic mass is 10.0. The number of anilines is 3.